The molecule has 1 aliphatic rings. The monoisotopic (exact) mass is 251 g/mol. The lowest BCUT2D eigenvalue weighted by Gasteiger charge is -2.17. The summed E-state index contributed by atoms with van der Waals surface area (Å²) in [4.78, 5) is 15.7. The molecule has 0 aliphatic heterocycles. The smallest absolute Gasteiger partial charge is 0.220 e. The number of aryl methyl sites for hydroxylation is 1. The Morgan fingerprint density at radius 1 is 1.56 bits per heavy atom. The Morgan fingerprint density at radius 2 is 2.39 bits per heavy atom. The molecule has 1 saturated carbocycles. The van der Waals surface area contributed by atoms with Gasteiger partial charge in [-0.3, -0.25) is 4.79 Å². The molecule has 1 aromatic rings. The quantitative estimate of drug-likeness (QED) is 0.722. The molecule has 18 heavy (non-hydrogen) atoms. The second-order valence-electron chi connectivity index (χ2n) is 4.93. The van der Waals surface area contributed by atoms with Gasteiger partial charge in [-0.15, -0.1) is 0 Å². The van der Waals surface area contributed by atoms with E-state index in [0.29, 0.717) is 18.8 Å². The number of amides is 1. The summed E-state index contributed by atoms with van der Waals surface area (Å²) >= 11 is 0. The topological polar surface area (TPSA) is 67.2 Å². The van der Waals surface area contributed by atoms with Crippen molar-refractivity contribution in [3.8, 4) is 0 Å². The summed E-state index contributed by atoms with van der Waals surface area (Å²) in [7, 11) is 0. The van der Waals surface area contributed by atoms with Crippen LogP contribution in [0.5, 0.6) is 0 Å². The molecule has 5 nitrogen and oxygen atoms in total. The third-order valence-corrected chi connectivity index (χ3v) is 3.36. The highest BCUT2D eigenvalue weighted by atomic mass is 16.3. The van der Waals surface area contributed by atoms with Crippen LogP contribution in [-0.4, -0.2) is 33.2 Å². The molecule has 0 spiro atoms. The van der Waals surface area contributed by atoms with Crippen LogP contribution < -0.4 is 5.32 Å². The van der Waals surface area contributed by atoms with Gasteiger partial charge in [0.05, 0.1) is 6.33 Å². The lowest BCUT2D eigenvalue weighted by atomic mass is 10.1. The van der Waals surface area contributed by atoms with E-state index in [9.17, 15) is 4.79 Å². The van der Waals surface area contributed by atoms with Gasteiger partial charge >= 0.3 is 0 Å². The average Bonchev–Trinajstić information content (AvgIpc) is 3.07. The number of aliphatic hydroxyl groups is 1. The maximum Gasteiger partial charge on any atom is 0.220 e. The van der Waals surface area contributed by atoms with Crippen molar-refractivity contribution < 1.29 is 9.90 Å². The van der Waals surface area contributed by atoms with E-state index in [4.69, 9.17) is 5.11 Å². The molecule has 0 saturated heterocycles. The molecule has 0 aromatic carbocycles. The van der Waals surface area contributed by atoms with Crippen molar-refractivity contribution in [3.05, 3.63) is 18.7 Å². The first-order valence-corrected chi connectivity index (χ1v) is 6.65. The van der Waals surface area contributed by atoms with Gasteiger partial charge in [0.2, 0.25) is 5.91 Å². The third kappa shape index (κ3) is 4.14. The minimum atomic E-state index is 0.0977. The summed E-state index contributed by atoms with van der Waals surface area (Å²) in [6.07, 6.45) is 9.79. The van der Waals surface area contributed by atoms with E-state index in [0.717, 1.165) is 13.0 Å². The number of carbonyl (C=O) groups excluding carboxylic acids is 1. The number of nitrogens with zero attached hydrogens (tertiary/aromatic N) is 2. The number of hydrogen-bond donors (Lipinski definition) is 2. The van der Waals surface area contributed by atoms with Gasteiger partial charge in [-0.25, -0.2) is 4.98 Å². The fourth-order valence-electron chi connectivity index (χ4n) is 2.18. The Balaban J connectivity index is 1.64. The zero-order valence-electron chi connectivity index (χ0n) is 10.6. The Labute approximate surface area is 107 Å². The van der Waals surface area contributed by atoms with Crippen molar-refractivity contribution in [2.24, 2.45) is 5.92 Å². The molecule has 1 heterocycles. The Hall–Kier alpha value is -1.36. The molecule has 1 amide bonds. The Bertz CT molecular complexity index is 360. The molecule has 1 aromatic heterocycles. The lowest BCUT2D eigenvalue weighted by molar-refractivity contribution is -0.122. The van der Waals surface area contributed by atoms with E-state index >= 15 is 0 Å². The summed E-state index contributed by atoms with van der Waals surface area (Å²) in [6.45, 7) is 0.970. The second-order valence-corrected chi connectivity index (χ2v) is 4.93. The van der Waals surface area contributed by atoms with Crippen LogP contribution in [0, 0.1) is 5.92 Å². The Kier molecular flexibility index (Phi) is 4.75. The van der Waals surface area contributed by atoms with E-state index in [1.165, 1.54) is 12.8 Å². The largest absolute Gasteiger partial charge is 0.396 e. The average molecular weight is 251 g/mol. The fraction of sp³-hybridized carbons (Fsp3) is 0.692. The van der Waals surface area contributed by atoms with E-state index in [1.54, 1.807) is 12.5 Å². The molecule has 5 heteroatoms. The standard InChI is InChI=1S/C13H21N3O2/c17-9-5-12(11-3-4-11)15-13(18)2-1-7-16-8-6-14-10-16/h6,8,10-12,17H,1-5,7,9H2,(H,15,18). The predicted octanol–water partition coefficient (Wildman–Crippen LogP) is 0.940. The van der Waals surface area contributed by atoms with Crippen molar-refractivity contribution in [1.82, 2.24) is 14.9 Å². The molecule has 2 rings (SSSR count). The van der Waals surface area contributed by atoms with Crippen molar-refractivity contribution in [2.75, 3.05) is 6.61 Å². The van der Waals surface area contributed by atoms with Crippen LogP contribution in [0.1, 0.15) is 32.1 Å². The number of imidazole rings is 1. The number of carbonyl (C=O) groups is 1. The molecule has 1 fully saturated rings. The molecule has 1 aliphatic carbocycles. The SMILES string of the molecule is O=C(CCCn1ccnc1)NC(CCO)C1CC1. The van der Waals surface area contributed by atoms with Crippen molar-refractivity contribution in [1.29, 1.82) is 0 Å². The first kappa shape index (κ1) is 13.1. The molecular weight excluding hydrogens is 230 g/mol. The summed E-state index contributed by atoms with van der Waals surface area (Å²) in [5, 5.41) is 12.0. The highest BCUT2D eigenvalue weighted by molar-refractivity contribution is 5.76. The highest BCUT2D eigenvalue weighted by Gasteiger charge is 2.31. The van der Waals surface area contributed by atoms with Gasteiger partial charge in [0, 0.05) is 38.0 Å². The van der Waals surface area contributed by atoms with Gasteiger partial charge in [-0.1, -0.05) is 0 Å². The number of nitrogens with one attached hydrogen (secondary N) is 1. The van der Waals surface area contributed by atoms with E-state index in [1.807, 2.05) is 10.8 Å². The number of hydrogen-bond acceptors (Lipinski definition) is 3. The maximum absolute atomic E-state index is 11.8. The minimum absolute atomic E-state index is 0.0977. The minimum Gasteiger partial charge on any atom is -0.396 e. The van der Waals surface area contributed by atoms with Crippen LogP contribution in [0.3, 0.4) is 0 Å². The molecule has 0 bridgehead atoms. The zero-order chi connectivity index (χ0) is 12.8. The molecule has 2 N–H and O–H groups in total. The van der Waals surface area contributed by atoms with Crippen LogP contribution in [-0.2, 0) is 11.3 Å². The number of rotatable bonds is 8. The first-order chi connectivity index (χ1) is 8.79. The Morgan fingerprint density at radius 3 is 3.00 bits per heavy atom. The summed E-state index contributed by atoms with van der Waals surface area (Å²) < 4.78 is 1.97. The van der Waals surface area contributed by atoms with Crippen LogP contribution in [0.4, 0.5) is 0 Å². The van der Waals surface area contributed by atoms with E-state index in [-0.39, 0.29) is 18.6 Å². The second kappa shape index (κ2) is 6.54. The number of aliphatic hydroxyl groups excluding tert-OH is 1. The van der Waals surface area contributed by atoms with Gasteiger partial charge in [0.25, 0.3) is 0 Å². The van der Waals surface area contributed by atoms with Crippen LogP contribution in [0.25, 0.3) is 0 Å². The van der Waals surface area contributed by atoms with Gasteiger partial charge in [0.15, 0.2) is 0 Å². The fourth-order valence-corrected chi connectivity index (χ4v) is 2.18. The van der Waals surface area contributed by atoms with Gasteiger partial charge in [-0.05, 0) is 31.6 Å². The molecule has 1 atom stereocenters. The maximum atomic E-state index is 11.8. The van der Waals surface area contributed by atoms with E-state index < -0.39 is 0 Å². The van der Waals surface area contributed by atoms with E-state index in [2.05, 4.69) is 10.3 Å². The third-order valence-electron chi connectivity index (χ3n) is 3.36. The zero-order valence-corrected chi connectivity index (χ0v) is 10.6. The van der Waals surface area contributed by atoms with Crippen LogP contribution >= 0.6 is 0 Å². The summed E-state index contributed by atoms with van der Waals surface area (Å²) in [5.74, 6) is 0.690. The summed E-state index contributed by atoms with van der Waals surface area (Å²) in [5.41, 5.74) is 0. The van der Waals surface area contributed by atoms with Crippen LogP contribution in [0.2, 0.25) is 0 Å². The summed E-state index contributed by atoms with van der Waals surface area (Å²) in [6, 6.07) is 0.177. The lowest BCUT2D eigenvalue weighted by Crippen LogP contribution is -2.37. The van der Waals surface area contributed by atoms with Crippen molar-refractivity contribution in [3.63, 3.8) is 0 Å². The molecule has 0 radical (unpaired) electrons. The van der Waals surface area contributed by atoms with Gasteiger partial charge in [0.1, 0.15) is 0 Å². The molecular formula is C13H21N3O2. The highest BCUT2D eigenvalue weighted by Crippen LogP contribution is 2.33. The van der Waals surface area contributed by atoms with Crippen molar-refractivity contribution in [2.45, 2.75) is 44.7 Å². The normalized spacial score (nSPS) is 16.5. The predicted molar refractivity (Wildman–Crippen MR) is 67.8 cm³/mol. The van der Waals surface area contributed by atoms with Gasteiger partial charge < -0.3 is 15.0 Å². The number of aromatic nitrogens is 2. The molecule has 100 valence electrons. The van der Waals surface area contributed by atoms with Gasteiger partial charge in [-0.2, -0.15) is 0 Å². The first-order valence-electron chi connectivity index (χ1n) is 6.65. The molecule has 1 unspecified atom stereocenters. The van der Waals surface area contributed by atoms with Crippen LogP contribution in [0.15, 0.2) is 18.7 Å². The van der Waals surface area contributed by atoms with Crippen molar-refractivity contribution >= 4 is 5.91 Å².